The van der Waals surface area contributed by atoms with E-state index in [-0.39, 0.29) is 52.3 Å². The SMILES string of the molecule is CN1CCN(C(=O)c2cc(C3CC3)cc([N+](=O)[O-])c2N[C@@H]2CCCC[C@@H]2NC(=O)c2cc(=O)[nH]c3ccccc23)CC1. The predicted octanol–water partition coefficient (Wildman–Crippen LogP) is 3.85. The summed E-state index contributed by atoms with van der Waals surface area (Å²) in [6, 6.07) is 11.2. The Morgan fingerprint density at radius 1 is 0.952 bits per heavy atom. The number of carbonyl (C=O) groups is 2. The Hall–Kier alpha value is -4.25. The van der Waals surface area contributed by atoms with Gasteiger partial charge in [-0.1, -0.05) is 31.0 Å². The Labute approximate surface area is 243 Å². The number of hydrogen-bond acceptors (Lipinski definition) is 7. The third kappa shape index (κ3) is 5.74. The molecule has 1 aliphatic heterocycles. The van der Waals surface area contributed by atoms with E-state index < -0.39 is 4.92 Å². The number of nitro groups is 1. The molecule has 1 aromatic heterocycles. The van der Waals surface area contributed by atoms with Crippen LogP contribution in [0.3, 0.4) is 0 Å². The number of benzene rings is 2. The van der Waals surface area contributed by atoms with Gasteiger partial charge in [-0.25, -0.2) is 0 Å². The number of hydrogen-bond donors (Lipinski definition) is 3. The number of fused-ring (bicyclic) bond motifs is 1. The Bertz CT molecular complexity index is 1590. The van der Waals surface area contributed by atoms with Crippen molar-refractivity contribution >= 4 is 34.1 Å². The van der Waals surface area contributed by atoms with E-state index in [1.54, 1.807) is 29.2 Å². The number of aromatic nitrogens is 1. The molecule has 220 valence electrons. The van der Waals surface area contributed by atoms with E-state index in [4.69, 9.17) is 0 Å². The molecule has 2 heterocycles. The van der Waals surface area contributed by atoms with Gasteiger partial charge in [-0.3, -0.25) is 24.5 Å². The Balaban J connectivity index is 1.32. The lowest BCUT2D eigenvalue weighted by atomic mass is 9.89. The van der Waals surface area contributed by atoms with E-state index in [9.17, 15) is 24.5 Å². The van der Waals surface area contributed by atoms with Crippen molar-refractivity contribution in [1.29, 1.82) is 0 Å². The highest BCUT2D eigenvalue weighted by Crippen LogP contribution is 2.44. The number of aromatic amines is 1. The largest absolute Gasteiger partial charge is 0.374 e. The van der Waals surface area contributed by atoms with Crippen LogP contribution in [0.25, 0.3) is 10.9 Å². The molecule has 2 aromatic carbocycles. The summed E-state index contributed by atoms with van der Waals surface area (Å²) < 4.78 is 0. The van der Waals surface area contributed by atoms with Crippen LogP contribution in [0.2, 0.25) is 0 Å². The molecule has 0 radical (unpaired) electrons. The summed E-state index contributed by atoms with van der Waals surface area (Å²) in [5, 5.41) is 19.5. The number of anilines is 1. The first kappa shape index (κ1) is 27.9. The number of nitrogens with zero attached hydrogens (tertiary/aromatic N) is 3. The van der Waals surface area contributed by atoms with E-state index in [2.05, 4.69) is 20.5 Å². The number of nitro benzene ring substituents is 1. The second-order valence-electron chi connectivity index (χ2n) is 11.8. The smallest absolute Gasteiger partial charge is 0.293 e. The van der Waals surface area contributed by atoms with Crippen molar-refractivity contribution in [3.05, 3.63) is 79.6 Å². The van der Waals surface area contributed by atoms with Gasteiger partial charge in [0.15, 0.2) is 0 Å². The average Bonchev–Trinajstić information content (AvgIpc) is 3.83. The third-order valence-corrected chi connectivity index (χ3v) is 8.81. The van der Waals surface area contributed by atoms with Crippen LogP contribution in [-0.4, -0.2) is 76.8 Å². The van der Waals surface area contributed by atoms with Crippen LogP contribution in [0.15, 0.2) is 47.3 Å². The molecule has 2 aliphatic carbocycles. The van der Waals surface area contributed by atoms with Crippen LogP contribution >= 0.6 is 0 Å². The minimum absolute atomic E-state index is 0.104. The number of nitrogens with one attached hydrogen (secondary N) is 3. The first-order valence-electron chi connectivity index (χ1n) is 14.8. The van der Waals surface area contributed by atoms with Gasteiger partial charge in [-0.15, -0.1) is 0 Å². The van der Waals surface area contributed by atoms with Gasteiger partial charge in [0.1, 0.15) is 5.69 Å². The summed E-state index contributed by atoms with van der Waals surface area (Å²) in [5.74, 6) is -0.340. The quantitative estimate of drug-likeness (QED) is 0.288. The van der Waals surface area contributed by atoms with Gasteiger partial charge < -0.3 is 25.4 Å². The monoisotopic (exact) mass is 572 g/mol. The molecule has 3 aromatic rings. The van der Waals surface area contributed by atoms with Crippen LogP contribution < -0.4 is 16.2 Å². The molecule has 0 unspecified atom stereocenters. The number of rotatable bonds is 7. The molecule has 6 rings (SSSR count). The number of carbonyl (C=O) groups excluding carboxylic acids is 2. The Kier molecular flexibility index (Phi) is 7.68. The van der Waals surface area contributed by atoms with Gasteiger partial charge in [0.25, 0.3) is 17.5 Å². The summed E-state index contributed by atoms with van der Waals surface area (Å²) in [6.45, 7) is 2.60. The zero-order chi connectivity index (χ0) is 29.4. The minimum Gasteiger partial charge on any atom is -0.374 e. The third-order valence-electron chi connectivity index (χ3n) is 8.81. The first-order chi connectivity index (χ1) is 20.3. The molecular weight excluding hydrogens is 536 g/mol. The second-order valence-corrected chi connectivity index (χ2v) is 11.8. The lowest BCUT2D eigenvalue weighted by Gasteiger charge is -2.35. The molecule has 42 heavy (non-hydrogen) atoms. The highest BCUT2D eigenvalue weighted by atomic mass is 16.6. The van der Waals surface area contributed by atoms with E-state index in [1.807, 2.05) is 19.2 Å². The lowest BCUT2D eigenvalue weighted by Crippen LogP contribution is -2.49. The van der Waals surface area contributed by atoms with Gasteiger partial charge in [0.05, 0.1) is 16.1 Å². The first-order valence-corrected chi connectivity index (χ1v) is 14.8. The molecule has 11 nitrogen and oxygen atoms in total. The van der Waals surface area contributed by atoms with E-state index >= 15 is 0 Å². The van der Waals surface area contributed by atoms with Crippen molar-refractivity contribution in [3.8, 4) is 0 Å². The molecular formula is C31H36N6O5. The van der Waals surface area contributed by atoms with Crippen molar-refractivity contribution in [2.24, 2.45) is 0 Å². The highest BCUT2D eigenvalue weighted by Gasteiger charge is 2.35. The van der Waals surface area contributed by atoms with Crippen molar-refractivity contribution in [3.63, 3.8) is 0 Å². The summed E-state index contributed by atoms with van der Waals surface area (Å²) in [7, 11) is 2.01. The minimum atomic E-state index is -0.409. The molecule has 1 saturated heterocycles. The van der Waals surface area contributed by atoms with Crippen LogP contribution in [-0.2, 0) is 0 Å². The zero-order valence-electron chi connectivity index (χ0n) is 23.7. The highest BCUT2D eigenvalue weighted by molar-refractivity contribution is 6.06. The fraction of sp³-hybridized carbons (Fsp3) is 0.452. The fourth-order valence-corrected chi connectivity index (χ4v) is 6.25. The van der Waals surface area contributed by atoms with Crippen molar-refractivity contribution < 1.29 is 14.5 Å². The normalized spacial score (nSPS) is 21.2. The molecule has 3 N–H and O–H groups in total. The van der Waals surface area contributed by atoms with Gasteiger partial charge in [-0.05, 0) is 56.3 Å². The van der Waals surface area contributed by atoms with Crippen LogP contribution in [0.5, 0.6) is 0 Å². The fourth-order valence-electron chi connectivity index (χ4n) is 6.25. The van der Waals surface area contributed by atoms with Crippen molar-refractivity contribution in [1.82, 2.24) is 20.1 Å². The van der Waals surface area contributed by atoms with Crippen LogP contribution in [0.4, 0.5) is 11.4 Å². The number of piperazine rings is 1. The topological polar surface area (TPSA) is 141 Å². The van der Waals surface area contributed by atoms with E-state index in [1.165, 1.54) is 6.07 Å². The van der Waals surface area contributed by atoms with Gasteiger partial charge in [-0.2, -0.15) is 0 Å². The lowest BCUT2D eigenvalue weighted by molar-refractivity contribution is -0.384. The predicted molar refractivity (Wildman–Crippen MR) is 160 cm³/mol. The molecule has 0 bridgehead atoms. The molecule has 11 heteroatoms. The zero-order valence-corrected chi connectivity index (χ0v) is 23.7. The van der Waals surface area contributed by atoms with E-state index in [0.29, 0.717) is 42.4 Å². The second kappa shape index (κ2) is 11.6. The summed E-state index contributed by atoms with van der Waals surface area (Å²) >= 11 is 0. The van der Waals surface area contributed by atoms with Crippen LogP contribution in [0.1, 0.15) is 70.7 Å². The van der Waals surface area contributed by atoms with Gasteiger partial charge >= 0.3 is 0 Å². The summed E-state index contributed by atoms with van der Waals surface area (Å²) in [5.41, 5.74) is 1.77. The number of amides is 2. The number of para-hydroxylation sites is 1. The van der Waals surface area contributed by atoms with Crippen molar-refractivity contribution in [2.45, 2.75) is 56.5 Å². The Morgan fingerprint density at radius 2 is 1.67 bits per heavy atom. The number of pyridine rings is 1. The molecule has 3 fully saturated rings. The van der Waals surface area contributed by atoms with Crippen LogP contribution in [0, 0.1) is 10.1 Å². The number of likely N-dealkylation sites (N-methyl/N-ethyl adjacent to an activating group) is 1. The number of H-pyrrole nitrogens is 1. The van der Waals surface area contributed by atoms with Gasteiger partial charge in [0, 0.05) is 61.3 Å². The maximum atomic E-state index is 13.9. The van der Waals surface area contributed by atoms with E-state index in [0.717, 1.165) is 44.3 Å². The summed E-state index contributed by atoms with van der Waals surface area (Å²) in [4.78, 5) is 58.4. The molecule has 2 atom stereocenters. The average molecular weight is 573 g/mol. The molecule has 3 aliphatic rings. The standard InChI is InChI=1S/C31H36N6O5/c1-35-12-14-36(15-13-35)31(40)23-16-20(19-10-11-19)17-27(37(41)42)29(23)33-25-8-4-5-9-26(25)34-30(39)22-18-28(38)32-24-7-3-2-6-21(22)24/h2-3,6-7,16-19,25-26,33H,4-5,8-15H2,1H3,(H,32,38)(H,34,39)/t25-,26+/m1/s1. The van der Waals surface area contributed by atoms with Gasteiger partial charge in [0.2, 0.25) is 5.56 Å². The molecule has 2 amide bonds. The Morgan fingerprint density at radius 3 is 2.38 bits per heavy atom. The molecule has 2 saturated carbocycles. The summed E-state index contributed by atoms with van der Waals surface area (Å²) in [6.07, 6.45) is 5.02. The molecule has 0 spiro atoms. The van der Waals surface area contributed by atoms with Crippen molar-refractivity contribution in [2.75, 3.05) is 38.5 Å². The maximum Gasteiger partial charge on any atom is 0.293 e. The maximum absolute atomic E-state index is 13.9.